The maximum atomic E-state index is 13.6. The average molecular weight is 313 g/mol. The Labute approximate surface area is 113 Å². The molecule has 0 aliphatic carbocycles. The van der Waals surface area contributed by atoms with E-state index < -0.39 is 31.3 Å². The van der Waals surface area contributed by atoms with Gasteiger partial charge in [0.1, 0.15) is 6.61 Å². The van der Waals surface area contributed by atoms with Crippen molar-refractivity contribution in [1.29, 1.82) is 0 Å². The van der Waals surface area contributed by atoms with Gasteiger partial charge in [0.2, 0.25) is 0 Å². The van der Waals surface area contributed by atoms with Gasteiger partial charge in [-0.05, 0) is 25.0 Å². The van der Waals surface area contributed by atoms with Crippen molar-refractivity contribution in [3.63, 3.8) is 0 Å². The lowest BCUT2D eigenvalue weighted by Gasteiger charge is -2.13. The fraction of sp³-hybridized carbons (Fsp3) is 0.455. The highest BCUT2D eigenvalue weighted by Crippen LogP contribution is 2.27. The third-order valence-corrected chi connectivity index (χ3v) is 4.02. The van der Waals surface area contributed by atoms with Crippen molar-refractivity contribution in [2.75, 3.05) is 13.2 Å². The second kappa shape index (κ2) is 5.60. The summed E-state index contributed by atoms with van der Waals surface area (Å²) in [6.07, 6.45) is 1.44. The topological polar surface area (TPSA) is 52.6 Å². The fourth-order valence-electron chi connectivity index (χ4n) is 1.77. The van der Waals surface area contributed by atoms with Crippen molar-refractivity contribution in [2.24, 2.45) is 0 Å². The predicted octanol–water partition coefficient (Wildman–Crippen LogP) is 2.45. The van der Waals surface area contributed by atoms with E-state index in [0.717, 1.165) is 12.8 Å². The summed E-state index contributed by atoms with van der Waals surface area (Å²) in [4.78, 5) is -0.645. The monoisotopic (exact) mass is 312 g/mol. The summed E-state index contributed by atoms with van der Waals surface area (Å²) in [5.41, 5.74) is 0. The maximum absolute atomic E-state index is 13.6. The van der Waals surface area contributed by atoms with Gasteiger partial charge in [-0.15, -0.1) is 0 Å². The van der Waals surface area contributed by atoms with E-state index in [1.807, 2.05) is 0 Å². The first-order valence-electron chi connectivity index (χ1n) is 5.56. The largest absolute Gasteiger partial charge is 0.485 e. The Morgan fingerprint density at radius 2 is 2.00 bits per heavy atom. The minimum atomic E-state index is -4.18. The van der Waals surface area contributed by atoms with Crippen LogP contribution in [0, 0.1) is 11.6 Å². The molecule has 0 saturated carbocycles. The quantitative estimate of drug-likeness (QED) is 0.801. The lowest BCUT2D eigenvalue weighted by atomic mass is 10.2. The second-order valence-corrected chi connectivity index (χ2v) is 6.67. The van der Waals surface area contributed by atoms with Crippen LogP contribution in [0.5, 0.6) is 5.75 Å². The smallest absolute Gasteiger partial charge is 0.261 e. The summed E-state index contributed by atoms with van der Waals surface area (Å²) in [5, 5.41) is 0. The van der Waals surface area contributed by atoms with Crippen LogP contribution in [-0.2, 0) is 13.8 Å². The molecule has 1 fully saturated rings. The molecular weight excluding hydrogens is 302 g/mol. The first-order valence-corrected chi connectivity index (χ1v) is 7.87. The molecule has 1 saturated heterocycles. The number of hydrogen-bond donors (Lipinski definition) is 0. The minimum absolute atomic E-state index is 0.0147. The molecule has 1 aromatic carbocycles. The van der Waals surface area contributed by atoms with Gasteiger partial charge in [0.25, 0.3) is 9.05 Å². The van der Waals surface area contributed by atoms with Crippen LogP contribution in [0.25, 0.3) is 0 Å². The third-order valence-electron chi connectivity index (χ3n) is 2.69. The third kappa shape index (κ3) is 3.55. The molecule has 1 unspecified atom stereocenters. The van der Waals surface area contributed by atoms with Crippen molar-refractivity contribution < 1.29 is 26.7 Å². The van der Waals surface area contributed by atoms with E-state index in [1.165, 1.54) is 0 Å². The van der Waals surface area contributed by atoms with Crippen LogP contribution in [-0.4, -0.2) is 27.7 Å². The Hall–Kier alpha value is -0.920. The standard InChI is InChI=1S/C11H11ClF2O4S/c12-19(15,16)8-4-9(13)11(10(14)5-8)18-6-7-2-1-3-17-7/h4-5,7H,1-3,6H2. The van der Waals surface area contributed by atoms with Gasteiger partial charge < -0.3 is 9.47 Å². The van der Waals surface area contributed by atoms with Crippen molar-refractivity contribution in [1.82, 2.24) is 0 Å². The van der Waals surface area contributed by atoms with Crippen LogP contribution < -0.4 is 4.74 Å². The molecule has 1 heterocycles. The van der Waals surface area contributed by atoms with Crippen LogP contribution in [0.1, 0.15) is 12.8 Å². The molecule has 8 heteroatoms. The maximum Gasteiger partial charge on any atom is 0.261 e. The summed E-state index contributed by atoms with van der Waals surface area (Å²) < 4.78 is 59.4. The van der Waals surface area contributed by atoms with Crippen LogP contribution in [0.2, 0.25) is 0 Å². The average Bonchev–Trinajstić information content (AvgIpc) is 2.79. The molecule has 106 valence electrons. The van der Waals surface area contributed by atoms with E-state index >= 15 is 0 Å². The van der Waals surface area contributed by atoms with E-state index in [1.54, 1.807) is 0 Å². The molecular formula is C11H11ClF2O4S. The van der Waals surface area contributed by atoms with Gasteiger partial charge in [0, 0.05) is 17.3 Å². The molecule has 0 spiro atoms. The van der Waals surface area contributed by atoms with Gasteiger partial charge in [-0.3, -0.25) is 0 Å². The van der Waals surface area contributed by atoms with Crippen molar-refractivity contribution in [3.8, 4) is 5.75 Å². The van der Waals surface area contributed by atoms with Crippen molar-refractivity contribution >= 4 is 19.7 Å². The molecule has 1 aliphatic heterocycles. The number of ether oxygens (including phenoxy) is 2. The van der Waals surface area contributed by atoms with Gasteiger partial charge in [-0.2, -0.15) is 0 Å². The lowest BCUT2D eigenvalue weighted by molar-refractivity contribution is 0.0650. The fourth-order valence-corrected chi connectivity index (χ4v) is 2.52. The first kappa shape index (κ1) is 14.5. The Bertz CT molecular complexity index is 547. The Morgan fingerprint density at radius 1 is 1.37 bits per heavy atom. The zero-order chi connectivity index (χ0) is 14.0. The van der Waals surface area contributed by atoms with Crippen molar-refractivity contribution in [2.45, 2.75) is 23.8 Å². The highest BCUT2D eigenvalue weighted by Gasteiger charge is 2.21. The van der Waals surface area contributed by atoms with Crippen molar-refractivity contribution in [3.05, 3.63) is 23.8 Å². The first-order chi connectivity index (χ1) is 8.88. The Morgan fingerprint density at radius 3 is 2.47 bits per heavy atom. The number of rotatable bonds is 4. The normalized spacial score (nSPS) is 19.6. The van der Waals surface area contributed by atoms with Crippen LogP contribution >= 0.6 is 10.7 Å². The zero-order valence-electron chi connectivity index (χ0n) is 9.74. The van der Waals surface area contributed by atoms with Gasteiger partial charge in [-0.25, -0.2) is 17.2 Å². The Balaban J connectivity index is 2.17. The van der Waals surface area contributed by atoms with Crippen LogP contribution in [0.15, 0.2) is 17.0 Å². The molecule has 0 amide bonds. The molecule has 0 aromatic heterocycles. The van der Waals surface area contributed by atoms with Gasteiger partial charge >= 0.3 is 0 Å². The van der Waals surface area contributed by atoms with E-state index in [2.05, 4.69) is 0 Å². The highest BCUT2D eigenvalue weighted by atomic mass is 35.7. The van der Waals surface area contributed by atoms with E-state index in [0.29, 0.717) is 18.7 Å². The molecule has 0 bridgehead atoms. The lowest BCUT2D eigenvalue weighted by Crippen LogP contribution is -2.17. The number of halogens is 3. The summed E-state index contributed by atoms with van der Waals surface area (Å²) in [7, 11) is 0.830. The summed E-state index contributed by atoms with van der Waals surface area (Å²) >= 11 is 0. The zero-order valence-corrected chi connectivity index (χ0v) is 11.3. The number of benzene rings is 1. The SMILES string of the molecule is O=S(=O)(Cl)c1cc(F)c(OCC2CCCO2)c(F)c1. The van der Waals surface area contributed by atoms with E-state index in [4.69, 9.17) is 20.2 Å². The van der Waals surface area contributed by atoms with Crippen LogP contribution in [0.3, 0.4) is 0 Å². The Kier molecular flexibility index (Phi) is 4.27. The van der Waals surface area contributed by atoms with E-state index in [-0.39, 0.29) is 12.7 Å². The van der Waals surface area contributed by atoms with Gasteiger partial charge in [-0.1, -0.05) is 0 Å². The second-order valence-electron chi connectivity index (χ2n) is 4.10. The molecule has 1 aromatic rings. The predicted molar refractivity (Wildman–Crippen MR) is 63.9 cm³/mol. The number of hydrogen-bond acceptors (Lipinski definition) is 4. The minimum Gasteiger partial charge on any atom is -0.485 e. The molecule has 0 radical (unpaired) electrons. The summed E-state index contributed by atoms with van der Waals surface area (Å²) in [6, 6.07) is 1.24. The van der Waals surface area contributed by atoms with Crippen LogP contribution in [0.4, 0.5) is 8.78 Å². The summed E-state index contributed by atoms with van der Waals surface area (Å²) in [6.45, 7) is 0.614. The highest BCUT2D eigenvalue weighted by molar-refractivity contribution is 8.13. The molecule has 0 N–H and O–H groups in total. The molecule has 1 aliphatic rings. The molecule has 19 heavy (non-hydrogen) atoms. The molecule has 1 atom stereocenters. The summed E-state index contributed by atoms with van der Waals surface area (Å²) in [5.74, 6) is -2.85. The molecule has 2 rings (SSSR count). The molecule has 4 nitrogen and oxygen atoms in total. The van der Waals surface area contributed by atoms with Gasteiger partial charge in [0.05, 0.1) is 11.0 Å². The van der Waals surface area contributed by atoms with Gasteiger partial charge in [0.15, 0.2) is 17.4 Å². The van der Waals surface area contributed by atoms with E-state index in [9.17, 15) is 17.2 Å².